The van der Waals surface area contributed by atoms with Crippen molar-refractivity contribution in [1.29, 1.82) is 0 Å². The van der Waals surface area contributed by atoms with E-state index in [1.165, 1.54) is 23.5 Å². The Balaban J connectivity index is 1.86. The standard InChI is InChI=1S/C13H12FN3OS/c1-17-7-10(15-16-17)6-11(18)13-5-8-4-9(14)2-3-12(8)19-13/h2-5,7,11,18H,6H2,1H3. The summed E-state index contributed by atoms with van der Waals surface area (Å²) in [6.07, 6.45) is 1.54. The van der Waals surface area contributed by atoms with Crippen molar-refractivity contribution >= 4 is 21.4 Å². The maximum absolute atomic E-state index is 13.1. The molecule has 0 aliphatic heterocycles. The topological polar surface area (TPSA) is 50.9 Å². The molecule has 1 atom stereocenters. The third-order valence-electron chi connectivity index (χ3n) is 2.88. The minimum absolute atomic E-state index is 0.264. The fourth-order valence-corrected chi connectivity index (χ4v) is 3.02. The largest absolute Gasteiger partial charge is 0.387 e. The molecule has 0 bridgehead atoms. The summed E-state index contributed by atoms with van der Waals surface area (Å²) in [5.41, 5.74) is 0.735. The van der Waals surface area contributed by atoms with Crippen molar-refractivity contribution in [1.82, 2.24) is 15.0 Å². The van der Waals surface area contributed by atoms with Crippen molar-refractivity contribution in [3.8, 4) is 0 Å². The average molecular weight is 277 g/mol. The second-order valence-corrected chi connectivity index (χ2v) is 5.55. The Labute approximate surface area is 113 Å². The second-order valence-electron chi connectivity index (χ2n) is 4.43. The van der Waals surface area contributed by atoms with Crippen molar-refractivity contribution in [3.63, 3.8) is 0 Å². The molecule has 6 heteroatoms. The molecule has 2 aromatic heterocycles. The van der Waals surface area contributed by atoms with Crippen LogP contribution in [0.3, 0.4) is 0 Å². The summed E-state index contributed by atoms with van der Waals surface area (Å²) in [5.74, 6) is -0.264. The van der Waals surface area contributed by atoms with Crippen LogP contribution in [0.2, 0.25) is 0 Å². The number of hydrogen-bond donors (Lipinski definition) is 1. The van der Waals surface area contributed by atoms with Gasteiger partial charge in [-0.05, 0) is 29.7 Å². The number of rotatable bonds is 3. The van der Waals surface area contributed by atoms with Gasteiger partial charge in [-0.2, -0.15) is 0 Å². The second kappa shape index (κ2) is 4.71. The van der Waals surface area contributed by atoms with E-state index in [1.807, 2.05) is 6.07 Å². The summed E-state index contributed by atoms with van der Waals surface area (Å²) in [5, 5.41) is 18.8. The molecule has 1 aromatic carbocycles. The molecule has 3 aromatic rings. The van der Waals surface area contributed by atoms with Crippen molar-refractivity contribution in [2.75, 3.05) is 0 Å². The first-order chi connectivity index (χ1) is 9.11. The van der Waals surface area contributed by atoms with Crippen LogP contribution in [0.1, 0.15) is 16.7 Å². The predicted molar refractivity (Wildman–Crippen MR) is 71.4 cm³/mol. The van der Waals surface area contributed by atoms with Crippen molar-refractivity contribution in [2.24, 2.45) is 7.05 Å². The zero-order valence-electron chi connectivity index (χ0n) is 10.2. The van der Waals surface area contributed by atoms with Gasteiger partial charge in [0.2, 0.25) is 0 Å². The number of benzene rings is 1. The summed E-state index contributed by atoms with van der Waals surface area (Å²) in [4.78, 5) is 0.811. The van der Waals surface area contributed by atoms with Crippen molar-refractivity contribution < 1.29 is 9.50 Å². The molecule has 1 N–H and O–H groups in total. The number of aliphatic hydroxyl groups excluding tert-OH is 1. The summed E-state index contributed by atoms with van der Waals surface area (Å²) in [7, 11) is 1.78. The molecule has 0 saturated carbocycles. The quantitative estimate of drug-likeness (QED) is 0.800. The van der Waals surface area contributed by atoms with Gasteiger partial charge in [0.25, 0.3) is 0 Å². The van der Waals surface area contributed by atoms with Gasteiger partial charge in [-0.15, -0.1) is 16.4 Å². The van der Waals surface area contributed by atoms with Crippen molar-refractivity contribution in [2.45, 2.75) is 12.5 Å². The van der Waals surface area contributed by atoms with E-state index in [1.54, 1.807) is 24.0 Å². The van der Waals surface area contributed by atoms with E-state index in [4.69, 9.17) is 0 Å². The molecule has 98 valence electrons. The van der Waals surface area contributed by atoms with Gasteiger partial charge in [-0.25, -0.2) is 4.39 Å². The lowest BCUT2D eigenvalue weighted by Crippen LogP contribution is -1.99. The molecular formula is C13H12FN3OS. The first-order valence-electron chi connectivity index (χ1n) is 5.84. The first kappa shape index (κ1) is 12.3. The lowest BCUT2D eigenvalue weighted by atomic mass is 10.1. The van der Waals surface area contributed by atoms with Crippen LogP contribution >= 0.6 is 11.3 Å². The maximum atomic E-state index is 13.1. The molecule has 0 fully saturated rings. The van der Waals surface area contributed by atoms with Gasteiger partial charge in [-0.1, -0.05) is 5.21 Å². The van der Waals surface area contributed by atoms with Crippen LogP contribution in [0.5, 0.6) is 0 Å². The summed E-state index contributed by atoms with van der Waals surface area (Å²) in [6, 6.07) is 6.46. The van der Waals surface area contributed by atoms with Gasteiger partial charge < -0.3 is 5.11 Å². The normalized spacial score (nSPS) is 13.0. The van der Waals surface area contributed by atoms with Crippen LogP contribution in [0.25, 0.3) is 10.1 Å². The van der Waals surface area contributed by atoms with Crippen molar-refractivity contribution in [3.05, 3.63) is 46.9 Å². The molecule has 0 amide bonds. The Kier molecular flexibility index (Phi) is 3.04. The van der Waals surface area contributed by atoms with Gasteiger partial charge in [0.15, 0.2) is 0 Å². The average Bonchev–Trinajstić information content (AvgIpc) is 2.95. The Morgan fingerprint density at radius 3 is 3.00 bits per heavy atom. The molecule has 3 rings (SSSR count). The van der Waals surface area contributed by atoms with Crippen LogP contribution in [-0.4, -0.2) is 20.1 Å². The zero-order valence-corrected chi connectivity index (χ0v) is 11.1. The molecule has 4 nitrogen and oxygen atoms in total. The molecule has 2 heterocycles. The van der Waals surface area contributed by atoms with Gasteiger partial charge in [0, 0.05) is 29.2 Å². The minimum Gasteiger partial charge on any atom is -0.387 e. The Bertz CT molecular complexity index is 722. The highest BCUT2D eigenvalue weighted by Crippen LogP contribution is 2.31. The number of aryl methyl sites for hydroxylation is 1. The number of hydrogen-bond acceptors (Lipinski definition) is 4. The number of nitrogens with zero attached hydrogens (tertiary/aromatic N) is 3. The van der Waals surface area contributed by atoms with E-state index in [0.29, 0.717) is 6.42 Å². The van der Waals surface area contributed by atoms with E-state index < -0.39 is 6.10 Å². The lowest BCUT2D eigenvalue weighted by molar-refractivity contribution is 0.181. The molecular weight excluding hydrogens is 265 g/mol. The third kappa shape index (κ3) is 2.50. The fraction of sp³-hybridized carbons (Fsp3) is 0.231. The summed E-state index contributed by atoms with van der Waals surface area (Å²) >= 11 is 1.47. The summed E-state index contributed by atoms with van der Waals surface area (Å²) < 4.78 is 15.7. The molecule has 19 heavy (non-hydrogen) atoms. The Hall–Kier alpha value is -1.79. The van der Waals surface area contributed by atoms with E-state index >= 15 is 0 Å². The van der Waals surface area contributed by atoms with Crippen LogP contribution in [0.15, 0.2) is 30.5 Å². The highest BCUT2D eigenvalue weighted by molar-refractivity contribution is 7.19. The van der Waals surface area contributed by atoms with E-state index in [0.717, 1.165) is 20.7 Å². The Morgan fingerprint density at radius 1 is 1.42 bits per heavy atom. The molecule has 0 saturated heterocycles. The zero-order chi connectivity index (χ0) is 13.4. The predicted octanol–water partition coefficient (Wildman–Crippen LogP) is 2.45. The monoisotopic (exact) mass is 277 g/mol. The number of aromatic nitrogens is 3. The van der Waals surface area contributed by atoms with E-state index in [-0.39, 0.29) is 5.82 Å². The molecule has 0 spiro atoms. The van der Waals surface area contributed by atoms with Gasteiger partial charge >= 0.3 is 0 Å². The molecule has 1 unspecified atom stereocenters. The van der Waals surface area contributed by atoms with Gasteiger partial charge in [0.1, 0.15) is 5.82 Å². The van der Waals surface area contributed by atoms with Crippen LogP contribution in [-0.2, 0) is 13.5 Å². The van der Waals surface area contributed by atoms with Crippen LogP contribution in [0.4, 0.5) is 4.39 Å². The summed E-state index contributed by atoms with van der Waals surface area (Å²) in [6.45, 7) is 0. The number of thiophene rings is 1. The van der Waals surface area contributed by atoms with Gasteiger partial charge in [-0.3, -0.25) is 4.68 Å². The van der Waals surface area contributed by atoms with E-state index in [2.05, 4.69) is 10.3 Å². The highest BCUT2D eigenvalue weighted by Gasteiger charge is 2.14. The first-order valence-corrected chi connectivity index (χ1v) is 6.66. The SMILES string of the molecule is Cn1cc(CC(O)c2cc3cc(F)ccc3s2)nn1. The van der Waals surface area contributed by atoms with E-state index in [9.17, 15) is 9.50 Å². The molecule has 0 radical (unpaired) electrons. The lowest BCUT2D eigenvalue weighted by Gasteiger charge is -2.04. The highest BCUT2D eigenvalue weighted by atomic mass is 32.1. The Morgan fingerprint density at radius 2 is 2.26 bits per heavy atom. The minimum atomic E-state index is -0.642. The van der Waals surface area contributed by atoms with Crippen LogP contribution < -0.4 is 0 Å². The maximum Gasteiger partial charge on any atom is 0.123 e. The smallest absolute Gasteiger partial charge is 0.123 e. The van der Waals surface area contributed by atoms with Gasteiger partial charge in [0.05, 0.1) is 11.8 Å². The van der Waals surface area contributed by atoms with Crippen LogP contribution in [0, 0.1) is 5.82 Å². The fourth-order valence-electron chi connectivity index (χ4n) is 1.99. The molecule has 0 aliphatic carbocycles. The molecule has 0 aliphatic rings. The third-order valence-corrected chi connectivity index (χ3v) is 4.10. The number of halogens is 1. The number of fused-ring (bicyclic) bond motifs is 1. The number of aliphatic hydroxyl groups is 1.